The van der Waals surface area contributed by atoms with Crippen molar-refractivity contribution in [2.24, 2.45) is 5.10 Å². The number of nitrogens with zero attached hydrogens (tertiary/aromatic N) is 4. The average Bonchev–Trinajstić information content (AvgIpc) is 3.28. The van der Waals surface area contributed by atoms with E-state index in [0.717, 1.165) is 13.1 Å². The fraction of sp³-hybridized carbons (Fsp3) is 0.400. The quantitative estimate of drug-likeness (QED) is 0.624. The van der Waals surface area contributed by atoms with Gasteiger partial charge in [-0.3, -0.25) is 14.5 Å². The molecule has 1 saturated heterocycles. The summed E-state index contributed by atoms with van der Waals surface area (Å²) in [7, 11) is 0. The molecule has 0 unspecified atom stereocenters. The van der Waals surface area contributed by atoms with Gasteiger partial charge in [0.15, 0.2) is 0 Å². The van der Waals surface area contributed by atoms with E-state index in [1.165, 1.54) is 35.0 Å². The number of morpholine rings is 1. The summed E-state index contributed by atoms with van der Waals surface area (Å²) in [5.41, 5.74) is 1.44. The van der Waals surface area contributed by atoms with Crippen LogP contribution in [-0.4, -0.2) is 78.3 Å². The predicted molar refractivity (Wildman–Crippen MR) is 123 cm³/mol. The fourth-order valence-electron chi connectivity index (χ4n) is 4.21. The smallest absolute Gasteiger partial charge is 0.262 e. The summed E-state index contributed by atoms with van der Waals surface area (Å²) < 4.78 is 33.3. The number of halogens is 2. The van der Waals surface area contributed by atoms with Crippen molar-refractivity contribution in [3.63, 3.8) is 0 Å². The van der Waals surface area contributed by atoms with Gasteiger partial charge in [-0.05, 0) is 23.8 Å². The van der Waals surface area contributed by atoms with Crippen molar-refractivity contribution < 1.29 is 23.1 Å². The molecule has 34 heavy (non-hydrogen) atoms. The molecule has 0 radical (unpaired) electrons. The maximum atomic E-state index is 14.4. The summed E-state index contributed by atoms with van der Waals surface area (Å²) in [6, 6.07) is 11.6. The molecular weight excluding hydrogens is 442 g/mol. The van der Waals surface area contributed by atoms with Gasteiger partial charge in [-0.15, -0.1) is 0 Å². The molecule has 2 aliphatic heterocycles. The fourth-order valence-corrected chi connectivity index (χ4v) is 4.21. The first kappa shape index (κ1) is 24.0. The van der Waals surface area contributed by atoms with Crippen LogP contribution < -0.4 is 0 Å². The van der Waals surface area contributed by atoms with Gasteiger partial charge >= 0.3 is 0 Å². The Morgan fingerprint density at radius 3 is 2.47 bits per heavy atom. The van der Waals surface area contributed by atoms with E-state index >= 15 is 0 Å². The van der Waals surface area contributed by atoms with Crippen LogP contribution >= 0.6 is 0 Å². The van der Waals surface area contributed by atoms with Crippen molar-refractivity contribution in [1.29, 1.82) is 0 Å². The number of amides is 2. The number of hydrazone groups is 1. The Morgan fingerprint density at radius 2 is 1.79 bits per heavy atom. The minimum atomic E-state index is -0.518. The van der Waals surface area contributed by atoms with E-state index in [0.29, 0.717) is 43.1 Å². The lowest BCUT2D eigenvalue weighted by Gasteiger charge is -2.30. The molecule has 0 spiro atoms. The van der Waals surface area contributed by atoms with Gasteiger partial charge < -0.3 is 9.64 Å². The maximum Gasteiger partial charge on any atom is 0.262 e. The lowest BCUT2D eigenvalue weighted by Crippen LogP contribution is -2.45. The van der Waals surface area contributed by atoms with E-state index in [9.17, 15) is 18.4 Å². The van der Waals surface area contributed by atoms with E-state index in [1.54, 1.807) is 30.3 Å². The Kier molecular flexibility index (Phi) is 7.64. The van der Waals surface area contributed by atoms with Crippen LogP contribution in [0.5, 0.6) is 0 Å². The van der Waals surface area contributed by atoms with Gasteiger partial charge in [0, 0.05) is 45.1 Å². The zero-order chi connectivity index (χ0) is 24.1. The Labute approximate surface area is 197 Å². The number of benzene rings is 2. The molecular formula is C25H28F2N4O3. The number of hydrogen-bond donors (Lipinski definition) is 0. The van der Waals surface area contributed by atoms with Crippen LogP contribution in [0.2, 0.25) is 0 Å². The SMILES string of the molecule is CC(=O)N(CCN1CCOCC1)CC(=O)N1N=C(c2ccccc2F)C[C@H]1c1ccc(F)cc1. The highest BCUT2D eigenvalue weighted by molar-refractivity contribution is 6.03. The first-order chi connectivity index (χ1) is 16.4. The molecule has 4 rings (SSSR count). The van der Waals surface area contributed by atoms with E-state index < -0.39 is 11.9 Å². The minimum absolute atomic E-state index is 0.147. The van der Waals surface area contributed by atoms with Crippen molar-refractivity contribution in [2.45, 2.75) is 19.4 Å². The molecule has 2 aromatic rings. The molecule has 2 amide bonds. The molecule has 180 valence electrons. The topological polar surface area (TPSA) is 65.5 Å². The highest BCUT2D eigenvalue weighted by atomic mass is 19.1. The molecule has 0 bridgehead atoms. The molecule has 0 aliphatic carbocycles. The molecule has 2 aromatic carbocycles. The Morgan fingerprint density at radius 1 is 1.09 bits per heavy atom. The Hall–Kier alpha value is -3.17. The van der Waals surface area contributed by atoms with Crippen LogP contribution in [0.3, 0.4) is 0 Å². The van der Waals surface area contributed by atoms with Gasteiger partial charge in [0.2, 0.25) is 5.91 Å². The van der Waals surface area contributed by atoms with E-state index in [4.69, 9.17) is 4.74 Å². The second-order valence-corrected chi connectivity index (χ2v) is 8.43. The normalized spacial score (nSPS) is 18.6. The van der Waals surface area contributed by atoms with E-state index in [1.807, 2.05) is 0 Å². The van der Waals surface area contributed by atoms with Crippen LogP contribution in [-0.2, 0) is 14.3 Å². The van der Waals surface area contributed by atoms with Crippen molar-refractivity contribution in [1.82, 2.24) is 14.8 Å². The number of carbonyl (C=O) groups is 2. The largest absolute Gasteiger partial charge is 0.379 e. The van der Waals surface area contributed by atoms with Crippen LogP contribution in [0.4, 0.5) is 8.78 Å². The third-order valence-corrected chi connectivity index (χ3v) is 6.17. The molecule has 2 aliphatic rings. The Bertz CT molecular complexity index is 1050. The molecule has 0 saturated carbocycles. The third kappa shape index (κ3) is 5.66. The van der Waals surface area contributed by atoms with Gasteiger partial charge in [0.1, 0.15) is 18.2 Å². The van der Waals surface area contributed by atoms with Crippen LogP contribution in [0, 0.1) is 11.6 Å². The van der Waals surface area contributed by atoms with E-state index in [-0.39, 0.29) is 30.6 Å². The van der Waals surface area contributed by atoms with Gasteiger partial charge in [0.05, 0.1) is 25.0 Å². The lowest BCUT2D eigenvalue weighted by molar-refractivity contribution is -0.140. The second kappa shape index (κ2) is 10.8. The van der Waals surface area contributed by atoms with Gasteiger partial charge in [-0.1, -0.05) is 30.3 Å². The zero-order valence-corrected chi connectivity index (χ0v) is 19.1. The highest BCUT2D eigenvalue weighted by Gasteiger charge is 2.34. The number of rotatable bonds is 7. The first-order valence-electron chi connectivity index (χ1n) is 11.4. The summed E-state index contributed by atoms with van der Waals surface area (Å²) in [6.07, 6.45) is 0.284. The lowest BCUT2D eigenvalue weighted by atomic mass is 9.98. The van der Waals surface area contributed by atoms with Crippen LogP contribution in [0.15, 0.2) is 53.6 Å². The van der Waals surface area contributed by atoms with Crippen LogP contribution in [0.1, 0.15) is 30.5 Å². The van der Waals surface area contributed by atoms with Crippen LogP contribution in [0.25, 0.3) is 0 Å². The van der Waals surface area contributed by atoms with Gasteiger partial charge in [0.25, 0.3) is 5.91 Å². The monoisotopic (exact) mass is 470 g/mol. The summed E-state index contributed by atoms with van der Waals surface area (Å²) in [6.45, 7) is 5.21. The number of ether oxygens (including phenoxy) is 1. The third-order valence-electron chi connectivity index (χ3n) is 6.17. The van der Waals surface area contributed by atoms with Gasteiger partial charge in [-0.25, -0.2) is 13.8 Å². The second-order valence-electron chi connectivity index (χ2n) is 8.43. The standard InChI is InChI=1S/C25H28F2N4O3/c1-18(32)30(11-10-29-12-14-34-15-13-29)17-25(33)31-24(19-6-8-20(26)9-7-19)16-23(28-31)21-4-2-3-5-22(21)27/h2-9,24H,10-17H2,1H3/t24-/m0/s1. The molecule has 7 nitrogen and oxygen atoms in total. The molecule has 2 heterocycles. The Balaban J connectivity index is 1.53. The van der Waals surface area contributed by atoms with Crippen molar-refractivity contribution in [3.05, 3.63) is 71.3 Å². The predicted octanol–water partition coefficient (Wildman–Crippen LogP) is 2.82. The van der Waals surface area contributed by atoms with Crippen molar-refractivity contribution >= 4 is 17.5 Å². The summed E-state index contributed by atoms with van der Waals surface area (Å²) in [5, 5.41) is 5.77. The first-order valence-corrected chi connectivity index (χ1v) is 11.4. The average molecular weight is 471 g/mol. The van der Waals surface area contributed by atoms with Gasteiger partial charge in [-0.2, -0.15) is 5.10 Å². The maximum absolute atomic E-state index is 14.4. The molecule has 9 heteroatoms. The molecule has 1 atom stereocenters. The molecule has 0 aromatic heterocycles. The highest BCUT2D eigenvalue weighted by Crippen LogP contribution is 2.33. The summed E-state index contributed by atoms with van der Waals surface area (Å²) in [4.78, 5) is 29.3. The minimum Gasteiger partial charge on any atom is -0.379 e. The molecule has 1 fully saturated rings. The number of hydrogen-bond acceptors (Lipinski definition) is 5. The summed E-state index contributed by atoms with van der Waals surface area (Å²) >= 11 is 0. The van der Waals surface area contributed by atoms with Crippen molar-refractivity contribution in [3.8, 4) is 0 Å². The zero-order valence-electron chi connectivity index (χ0n) is 19.1. The number of carbonyl (C=O) groups excluding carboxylic acids is 2. The molecule has 0 N–H and O–H groups in total. The van der Waals surface area contributed by atoms with Crippen molar-refractivity contribution in [2.75, 3.05) is 45.9 Å². The summed E-state index contributed by atoms with van der Waals surface area (Å²) in [5.74, 6) is -1.40. The van der Waals surface area contributed by atoms with E-state index in [2.05, 4.69) is 10.0 Å².